The number of anilines is 1. The Kier molecular flexibility index (Phi) is 5.67. The largest absolute Gasteiger partial charge is 0.391 e. The molecular formula is C26H27N3O2. The molecule has 0 saturated heterocycles. The quantitative estimate of drug-likeness (QED) is 0.630. The Labute approximate surface area is 182 Å². The molecule has 0 amide bonds. The summed E-state index contributed by atoms with van der Waals surface area (Å²) in [6.45, 7) is 6.40. The van der Waals surface area contributed by atoms with E-state index in [0.29, 0.717) is 30.5 Å². The Morgan fingerprint density at radius 3 is 2.61 bits per heavy atom. The zero-order valence-corrected chi connectivity index (χ0v) is 18.1. The maximum atomic E-state index is 12.8. The summed E-state index contributed by atoms with van der Waals surface area (Å²) in [7, 11) is 0. The molecule has 31 heavy (non-hydrogen) atoms. The summed E-state index contributed by atoms with van der Waals surface area (Å²) in [5.74, 6) is -0.0882. The van der Waals surface area contributed by atoms with Crippen molar-refractivity contribution in [2.45, 2.75) is 45.6 Å². The van der Waals surface area contributed by atoms with Gasteiger partial charge in [-0.15, -0.1) is 0 Å². The van der Waals surface area contributed by atoms with E-state index in [0.717, 1.165) is 22.6 Å². The maximum Gasteiger partial charge on any atom is 0.255 e. The second-order valence-electron chi connectivity index (χ2n) is 8.40. The number of pyridine rings is 1. The summed E-state index contributed by atoms with van der Waals surface area (Å²) in [5.41, 5.74) is 7.22. The van der Waals surface area contributed by atoms with E-state index < -0.39 is 6.10 Å². The zero-order valence-electron chi connectivity index (χ0n) is 18.1. The summed E-state index contributed by atoms with van der Waals surface area (Å²) in [5, 5.41) is 23.7. The number of aliphatic hydroxyl groups is 1. The van der Waals surface area contributed by atoms with Crippen molar-refractivity contribution in [3.63, 3.8) is 0 Å². The van der Waals surface area contributed by atoms with Crippen LogP contribution in [0.15, 0.2) is 53.3 Å². The van der Waals surface area contributed by atoms with Gasteiger partial charge in [0.15, 0.2) is 0 Å². The second-order valence-corrected chi connectivity index (χ2v) is 8.40. The van der Waals surface area contributed by atoms with Crippen molar-refractivity contribution in [1.29, 1.82) is 5.26 Å². The fraction of sp³-hybridized carbons (Fsp3) is 0.308. The molecular weight excluding hydrogens is 386 g/mol. The number of aliphatic hydroxyl groups excluding tert-OH is 1. The normalized spacial score (nSPS) is 15.1. The first-order valence-electron chi connectivity index (χ1n) is 10.7. The minimum absolute atomic E-state index is 0.0882. The van der Waals surface area contributed by atoms with Gasteiger partial charge < -0.3 is 10.4 Å². The van der Waals surface area contributed by atoms with Crippen LogP contribution >= 0.6 is 0 Å². The van der Waals surface area contributed by atoms with Crippen LogP contribution in [0.4, 0.5) is 5.69 Å². The van der Waals surface area contributed by atoms with Gasteiger partial charge >= 0.3 is 0 Å². The van der Waals surface area contributed by atoms with Crippen LogP contribution < -0.4 is 10.9 Å². The van der Waals surface area contributed by atoms with Gasteiger partial charge in [0.2, 0.25) is 0 Å². The molecule has 2 N–H and O–H groups in total. The monoisotopic (exact) mass is 413 g/mol. The first-order chi connectivity index (χ1) is 14.9. The number of aryl methyl sites for hydroxylation is 3. The molecule has 0 bridgehead atoms. The van der Waals surface area contributed by atoms with Gasteiger partial charge in [-0.05, 0) is 74.1 Å². The Hall–Kier alpha value is -3.36. The minimum atomic E-state index is -0.537. The Balaban J connectivity index is 1.54. The lowest BCUT2D eigenvalue weighted by Gasteiger charge is -2.18. The van der Waals surface area contributed by atoms with E-state index in [9.17, 15) is 15.2 Å². The molecule has 1 aromatic heterocycles. The molecule has 3 aromatic rings. The fourth-order valence-corrected chi connectivity index (χ4v) is 4.45. The highest BCUT2D eigenvalue weighted by atomic mass is 16.3. The highest BCUT2D eigenvalue weighted by Gasteiger charge is 2.32. The summed E-state index contributed by atoms with van der Waals surface area (Å²) in [4.78, 5) is 12.8. The van der Waals surface area contributed by atoms with E-state index in [4.69, 9.17) is 0 Å². The first kappa shape index (κ1) is 20.9. The van der Waals surface area contributed by atoms with Crippen molar-refractivity contribution in [2.24, 2.45) is 0 Å². The third-order valence-corrected chi connectivity index (χ3v) is 6.28. The lowest BCUT2D eigenvalue weighted by Crippen LogP contribution is -2.22. The van der Waals surface area contributed by atoms with Gasteiger partial charge in [-0.25, -0.2) is 0 Å². The van der Waals surface area contributed by atoms with Crippen LogP contribution in [0.5, 0.6) is 0 Å². The van der Waals surface area contributed by atoms with Crippen LogP contribution in [0.2, 0.25) is 0 Å². The SMILES string of the molecule is Cc1ccc(NCC(O)CCC2c3ccccc3-n3c2c(C#N)c(C)cc3=O)cc1C. The molecule has 5 heteroatoms. The number of fused-ring (bicyclic) bond motifs is 3. The first-order valence-corrected chi connectivity index (χ1v) is 10.7. The summed E-state index contributed by atoms with van der Waals surface area (Å²) in [6, 6.07) is 17.8. The molecule has 2 atom stereocenters. The number of benzene rings is 2. The van der Waals surface area contributed by atoms with Crippen molar-refractivity contribution in [3.05, 3.63) is 92.4 Å². The number of aromatic nitrogens is 1. The Bertz CT molecular complexity index is 1240. The Morgan fingerprint density at radius 2 is 1.87 bits per heavy atom. The van der Waals surface area contributed by atoms with Crippen LogP contribution in [-0.2, 0) is 0 Å². The van der Waals surface area contributed by atoms with Gasteiger partial charge in [-0.3, -0.25) is 9.36 Å². The molecule has 1 aliphatic heterocycles. The molecule has 0 fully saturated rings. The van der Waals surface area contributed by atoms with Crippen LogP contribution in [0.25, 0.3) is 5.69 Å². The number of rotatable bonds is 6. The number of nitrogens with one attached hydrogen (secondary N) is 1. The third-order valence-electron chi connectivity index (χ3n) is 6.28. The highest BCUT2D eigenvalue weighted by Crippen LogP contribution is 2.41. The number of hydrogen-bond donors (Lipinski definition) is 2. The highest BCUT2D eigenvalue weighted by molar-refractivity contribution is 5.59. The van der Waals surface area contributed by atoms with E-state index in [1.165, 1.54) is 17.2 Å². The van der Waals surface area contributed by atoms with Crippen molar-refractivity contribution in [3.8, 4) is 11.8 Å². The lowest BCUT2D eigenvalue weighted by atomic mass is 9.89. The van der Waals surface area contributed by atoms with E-state index in [-0.39, 0.29) is 11.5 Å². The van der Waals surface area contributed by atoms with Crippen LogP contribution in [0.3, 0.4) is 0 Å². The van der Waals surface area contributed by atoms with Gasteiger partial charge in [0.05, 0.1) is 23.0 Å². The molecule has 0 spiro atoms. The molecule has 0 saturated carbocycles. The molecule has 2 unspecified atom stereocenters. The van der Waals surface area contributed by atoms with E-state index >= 15 is 0 Å². The van der Waals surface area contributed by atoms with Crippen molar-refractivity contribution < 1.29 is 5.11 Å². The molecule has 2 heterocycles. The minimum Gasteiger partial charge on any atom is -0.391 e. The van der Waals surface area contributed by atoms with E-state index in [1.54, 1.807) is 4.57 Å². The van der Waals surface area contributed by atoms with Crippen LogP contribution in [0, 0.1) is 32.1 Å². The number of para-hydroxylation sites is 1. The molecule has 0 aliphatic carbocycles. The number of hydrogen-bond acceptors (Lipinski definition) is 4. The molecule has 2 aromatic carbocycles. The van der Waals surface area contributed by atoms with E-state index in [2.05, 4.69) is 37.4 Å². The van der Waals surface area contributed by atoms with E-state index in [1.807, 2.05) is 37.3 Å². The van der Waals surface area contributed by atoms with Crippen molar-refractivity contribution >= 4 is 5.69 Å². The lowest BCUT2D eigenvalue weighted by molar-refractivity contribution is 0.173. The predicted octanol–water partition coefficient (Wildman–Crippen LogP) is 4.33. The van der Waals surface area contributed by atoms with Gasteiger partial charge in [-0.2, -0.15) is 5.26 Å². The molecule has 4 rings (SSSR count). The molecule has 1 aliphatic rings. The Morgan fingerprint density at radius 1 is 1.10 bits per heavy atom. The standard InChI is InChI=1S/C26H27N3O2/c1-16-8-9-19(12-17(16)2)28-15-20(30)10-11-22-21-6-4-5-7-24(21)29-25(31)13-18(3)23(14-27)26(22)29/h4-9,12-13,20,22,28,30H,10-11,15H2,1-3H3. The predicted molar refractivity (Wildman–Crippen MR) is 123 cm³/mol. The number of nitriles is 1. The topological polar surface area (TPSA) is 78.0 Å². The van der Waals surface area contributed by atoms with Gasteiger partial charge in [0.1, 0.15) is 6.07 Å². The maximum absolute atomic E-state index is 12.8. The zero-order chi connectivity index (χ0) is 22.1. The van der Waals surface area contributed by atoms with Crippen molar-refractivity contribution in [1.82, 2.24) is 4.57 Å². The molecule has 0 radical (unpaired) electrons. The van der Waals surface area contributed by atoms with Crippen LogP contribution in [-0.4, -0.2) is 22.3 Å². The van der Waals surface area contributed by atoms with Crippen LogP contribution in [0.1, 0.15) is 52.3 Å². The smallest absolute Gasteiger partial charge is 0.255 e. The number of nitrogens with zero attached hydrogens (tertiary/aromatic N) is 2. The van der Waals surface area contributed by atoms with Gasteiger partial charge in [0, 0.05) is 24.2 Å². The molecule has 5 nitrogen and oxygen atoms in total. The molecule has 158 valence electrons. The van der Waals surface area contributed by atoms with Gasteiger partial charge in [-0.1, -0.05) is 24.3 Å². The fourth-order valence-electron chi connectivity index (χ4n) is 4.45. The summed E-state index contributed by atoms with van der Waals surface area (Å²) >= 11 is 0. The average Bonchev–Trinajstić information content (AvgIpc) is 3.08. The summed E-state index contributed by atoms with van der Waals surface area (Å²) < 4.78 is 1.67. The van der Waals surface area contributed by atoms with Crippen molar-refractivity contribution in [2.75, 3.05) is 11.9 Å². The summed E-state index contributed by atoms with van der Waals surface area (Å²) in [6.07, 6.45) is 0.679. The average molecular weight is 414 g/mol. The third kappa shape index (κ3) is 3.87. The van der Waals surface area contributed by atoms with Gasteiger partial charge in [0.25, 0.3) is 5.56 Å². The second kappa shape index (κ2) is 8.41.